The Morgan fingerprint density at radius 2 is 2.25 bits per heavy atom. The number of hydrogen-bond donors (Lipinski definition) is 1. The van der Waals surface area contributed by atoms with Crippen LogP contribution in [0.2, 0.25) is 5.02 Å². The lowest BCUT2D eigenvalue weighted by Crippen LogP contribution is -2.16. The Hall–Kier alpha value is -2.58. The Kier molecular flexibility index (Phi) is 2.81. The van der Waals surface area contributed by atoms with E-state index in [0.717, 1.165) is 0 Å². The van der Waals surface area contributed by atoms with Gasteiger partial charge >= 0.3 is 0 Å². The fraction of sp³-hybridized carbons (Fsp3) is 0.0714. The second-order valence-electron chi connectivity index (χ2n) is 4.27. The molecule has 0 spiro atoms. The van der Waals surface area contributed by atoms with Crippen molar-refractivity contribution < 1.29 is 0 Å². The number of nitrogens with zero attached hydrogens (tertiary/aromatic N) is 3. The van der Waals surface area contributed by atoms with Gasteiger partial charge in [-0.05, 0) is 6.07 Å². The number of aromatic nitrogens is 4. The van der Waals surface area contributed by atoms with Gasteiger partial charge in [0.05, 0.1) is 17.0 Å². The van der Waals surface area contributed by atoms with Crippen molar-refractivity contribution in [1.29, 1.82) is 0 Å². The number of terminal acetylenes is 1. The fourth-order valence-electron chi connectivity index (χ4n) is 2.03. The Labute approximate surface area is 119 Å². The fourth-order valence-corrected chi connectivity index (χ4v) is 2.30. The van der Waals surface area contributed by atoms with Crippen LogP contribution in [0.3, 0.4) is 0 Å². The minimum atomic E-state index is -0.194. The van der Waals surface area contributed by atoms with Crippen molar-refractivity contribution >= 4 is 22.6 Å². The monoisotopic (exact) mass is 284 g/mol. The lowest BCUT2D eigenvalue weighted by atomic mass is 10.1. The lowest BCUT2D eigenvalue weighted by molar-refractivity contribution is 0.841. The summed E-state index contributed by atoms with van der Waals surface area (Å²) < 4.78 is 1.39. The van der Waals surface area contributed by atoms with E-state index in [9.17, 15) is 4.79 Å². The third kappa shape index (κ3) is 1.70. The van der Waals surface area contributed by atoms with E-state index in [1.807, 2.05) is 0 Å². The average Bonchev–Trinajstić information content (AvgIpc) is 2.88. The summed E-state index contributed by atoms with van der Waals surface area (Å²) in [6, 6.07) is 5.30. The van der Waals surface area contributed by atoms with Gasteiger partial charge in [-0.25, -0.2) is 4.98 Å². The van der Waals surface area contributed by atoms with E-state index in [2.05, 4.69) is 21.1 Å². The van der Waals surface area contributed by atoms with Crippen LogP contribution < -0.4 is 5.56 Å². The number of benzene rings is 1. The van der Waals surface area contributed by atoms with Gasteiger partial charge in [-0.1, -0.05) is 29.7 Å². The maximum atomic E-state index is 12.2. The van der Waals surface area contributed by atoms with Crippen LogP contribution in [0.25, 0.3) is 22.3 Å². The predicted octanol–water partition coefficient (Wildman–Crippen LogP) is 1.96. The SMILES string of the molecule is C#Cc1cccc(-c2[nH]nc3ncn(C)c(=O)c23)c1Cl. The van der Waals surface area contributed by atoms with Gasteiger partial charge in [-0.3, -0.25) is 9.89 Å². The molecule has 0 aliphatic carbocycles. The van der Waals surface area contributed by atoms with Gasteiger partial charge in [0.25, 0.3) is 5.56 Å². The Bertz CT molecular complexity index is 917. The van der Waals surface area contributed by atoms with E-state index in [0.29, 0.717) is 32.9 Å². The van der Waals surface area contributed by atoms with Crippen molar-refractivity contribution in [1.82, 2.24) is 19.7 Å². The molecule has 0 aliphatic rings. The molecule has 98 valence electrons. The zero-order chi connectivity index (χ0) is 14.3. The van der Waals surface area contributed by atoms with Gasteiger partial charge in [-0.15, -0.1) is 6.42 Å². The minimum absolute atomic E-state index is 0.194. The maximum absolute atomic E-state index is 12.2. The topological polar surface area (TPSA) is 63.6 Å². The predicted molar refractivity (Wildman–Crippen MR) is 77.5 cm³/mol. The van der Waals surface area contributed by atoms with Crippen molar-refractivity contribution in [3.63, 3.8) is 0 Å². The molecule has 1 N–H and O–H groups in total. The second kappa shape index (κ2) is 4.51. The number of rotatable bonds is 1. The molecule has 0 bridgehead atoms. The molecule has 0 aliphatic heterocycles. The van der Waals surface area contributed by atoms with Crippen LogP contribution >= 0.6 is 11.6 Å². The Morgan fingerprint density at radius 1 is 1.45 bits per heavy atom. The zero-order valence-electron chi connectivity index (χ0n) is 10.5. The lowest BCUT2D eigenvalue weighted by Gasteiger charge is -2.04. The largest absolute Gasteiger partial charge is 0.302 e. The van der Waals surface area contributed by atoms with E-state index in [1.54, 1.807) is 25.2 Å². The molecular formula is C14H9ClN4O. The van der Waals surface area contributed by atoms with E-state index in [1.165, 1.54) is 10.9 Å². The summed E-state index contributed by atoms with van der Waals surface area (Å²) in [4.78, 5) is 16.3. The number of fused-ring (bicyclic) bond motifs is 1. The van der Waals surface area contributed by atoms with E-state index < -0.39 is 0 Å². The quantitative estimate of drug-likeness (QED) is 0.695. The van der Waals surface area contributed by atoms with Crippen LogP contribution in [0, 0.1) is 12.3 Å². The number of hydrogen-bond acceptors (Lipinski definition) is 3. The van der Waals surface area contributed by atoms with Crippen molar-refractivity contribution in [3.05, 3.63) is 45.5 Å². The highest BCUT2D eigenvalue weighted by Gasteiger charge is 2.16. The standard InChI is InChI=1S/C14H9ClN4O/c1-3-8-5-4-6-9(11(8)15)12-10-13(18-17-12)16-7-19(2)14(10)20/h1,4-7H,2H3,(H,17,18). The normalized spacial score (nSPS) is 10.7. The molecule has 0 radical (unpaired) electrons. The smallest absolute Gasteiger partial charge is 0.264 e. The molecule has 0 atom stereocenters. The van der Waals surface area contributed by atoms with Crippen molar-refractivity contribution in [2.45, 2.75) is 0 Å². The van der Waals surface area contributed by atoms with Crippen molar-refractivity contribution in [2.24, 2.45) is 7.05 Å². The number of nitrogens with one attached hydrogen (secondary N) is 1. The van der Waals surface area contributed by atoms with Gasteiger partial charge in [0, 0.05) is 18.2 Å². The molecule has 3 rings (SSSR count). The highest BCUT2D eigenvalue weighted by atomic mass is 35.5. The van der Waals surface area contributed by atoms with Gasteiger partial charge in [0.1, 0.15) is 5.39 Å². The van der Waals surface area contributed by atoms with E-state index in [-0.39, 0.29) is 5.56 Å². The molecule has 2 heterocycles. The molecule has 2 aromatic heterocycles. The molecule has 0 unspecified atom stereocenters. The first-order valence-electron chi connectivity index (χ1n) is 5.78. The van der Waals surface area contributed by atoms with E-state index >= 15 is 0 Å². The minimum Gasteiger partial charge on any atom is -0.302 e. The van der Waals surface area contributed by atoms with Gasteiger partial charge < -0.3 is 4.57 Å². The highest BCUT2D eigenvalue weighted by Crippen LogP contribution is 2.31. The first-order chi connectivity index (χ1) is 9.63. The van der Waals surface area contributed by atoms with Gasteiger partial charge in [0.2, 0.25) is 0 Å². The van der Waals surface area contributed by atoms with Crippen molar-refractivity contribution in [2.75, 3.05) is 0 Å². The van der Waals surface area contributed by atoms with Gasteiger partial charge in [-0.2, -0.15) is 5.10 Å². The Morgan fingerprint density at radius 3 is 3.00 bits per heavy atom. The molecule has 3 aromatic rings. The summed E-state index contributed by atoms with van der Waals surface area (Å²) in [6.07, 6.45) is 6.83. The van der Waals surface area contributed by atoms with Crippen LogP contribution in [0.5, 0.6) is 0 Å². The number of halogens is 1. The third-order valence-corrected chi connectivity index (χ3v) is 3.47. The Balaban J connectivity index is 2.40. The first-order valence-corrected chi connectivity index (χ1v) is 6.16. The highest BCUT2D eigenvalue weighted by molar-refractivity contribution is 6.34. The molecule has 1 aromatic carbocycles. The van der Waals surface area contributed by atoms with Crippen LogP contribution in [-0.2, 0) is 7.05 Å². The molecule has 5 nitrogen and oxygen atoms in total. The molecule has 6 heteroatoms. The van der Waals surface area contributed by atoms with Gasteiger partial charge in [0.15, 0.2) is 5.65 Å². The van der Waals surface area contributed by atoms with Crippen LogP contribution in [0.4, 0.5) is 0 Å². The molecule has 0 amide bonds. The number of aryl methyl sites for hydroxylation is 1. The molecule has 0 fully saturated rings. The summed E-state index contributed by atoms with van der Waals surface area (Å²) in [5.74, 6) is 2.51. The van der Waals surface area contributed by atoms with Crippen LogP contribution in [0.1, 0.15) is 5.56 Å². The maximum Gasteiger partial charge on any atom is 0.264 e. The first kappa shape index (κ1) is 12.5. The van der Waals surface area contributed by atoms with Crippen LogP contribution in [0.15, 0.2) is 29.3 Å². The summed E-state index contributed by atoms with van der Waals surface area (Å²) in [5, 5.41) is 7.65. The molecule has 0 saturated heterocycles. The molecule has 20 heavy (non-hydrogen) atoms. The summed E-state index contributed by atoms with van der Waals surface area (Å²) in [6.45, 7) is 0. The zero-order valence-corrected chi connectivity index (χ0v) is 11.3. The second-order valence-corrected chi connectivity index (χ2v) is 4.65. The molecule has 0 saturated carbocycles. The molecular weight excluding hydrogens is 276 g/mol. The number of H-pyrrole nitrogens is 1. The van der Waals surface area contributed by atoms with Crippen LogP contribution in [-0.4, -0.2) is 19.7 Å². The van der Waals surface area contributed by atoms with Crippen molar-refractivity contribution in [3.8, 4) is 23.6 Å². The number of aromatic amines is 1. The van der Waals surface area contributed by atoms with E-state index in [4.69, 9.17) is 18.0 Å². The summed E-state index contributed by atoms with van der Waals surface area (Å²) in [7, 11) is 1.63. The average molecular weight is 285 g/mol. The summed E-state index contributed by atoms with van der Waals surface area (Å²) >= 11 is 6.27. The summed E-state index contributed by atoms with van der Waals surface area (Å²) in [5.41, 5.74) is 1.88. The third-order valence-electron chi connectivity index (χ3n) is 3.06.